The van der Waals surface area contributed by atoms with Crippen molar-refractivity contribution in [2.75, 3.05) is 26.2 Å². The van der Waals surface area contributed by atoms with Crippen molar-refractivity contribution in [3.63, 3.8) is 0 Å². The molecule has 0 atom stereocenters. The molecule has 0 radical (unpaired) electrons. The van der Waals surface area contributed by atoms with Gasteiger partial charge in [0.05, 0.1) is 11.1 Å². The Morgan fingerprint density at radius 3 is 2.18 bits per heavy atom. The third kappa shape index (κ3) is 3.75. The maximum absolute atomic E-state index is 13.2. The minimum absolute atomic E-state index is 0.209. The molecule has 4 heteroatoms. The lowest BCUT2D eigenvalue weighted by molar-refractivity contribution is -1.02. The summed E-state index contributed by atoms with van der Waals surface area (Å²) in [7, 11) is 0. The van der Waals surface area contributed by atoms with E-state index in [1.807, 2.05) is 13.0 Å². The minimum atomic E-state index is 0.209. The molecule has 28 heavy (non-hydrogen) atoms. The van der Waals surface area contributed by atoms with Crippen LogP contribution >= 0.6 is 0 Å². The lowest BCUT2D eigenvalue weighted by Crippen LogP contribution is -3.27. The highest BCUT2D eigenvalue weighted by atomic mass is 16.1. The molecule has 4 rings (SSSR count). The molecule has 0 aliphatic carbocycles. The molecule has 0 saturated carbocycles. The van der Waals surface area contributed by atoms with Crippen molar-refractivity contribution >= 4 is 10.9 Å². The van der Waals surface area contributed by atoms with Gasteiger partial charge in [0.15, 0.2) is 5.43 Å². The van der Waals surface area contributed by atoms with E-state index in [4.69, 9.17) is 0 Å². The first-order valence-electron chi connectivity index (χ1n) is 10.4. The van der Waals surface area contributed by atoms with Crippen molar-refractivity contribution in [3.8, 4) is 0 Å². The molecular weight excluding hydrogens is 346 g/mol. The zero-order valence-corrected chi connectivity index (χ0v) is 17.2. The largest absolute Gasteiger partial charge is 0.358 e. The Morgan fingerprint density at radius 2 is 1.50 bits per heavy atom. The van der Waals surface area contributed by atoms with E-state index in [2.05, 4.69) is 55.2 Å². The van der Waals surface area contributed by atoms with Crippen LogP contribution in [0, 0.1) is 20.8 Å². The van der Waals surface area contributed by atoms with Crippen molar-refractivity contribution in [2.24, 2.45) is 0 Å². The van der Waals surface area contributed by atoms with Gasteiger partial charge >= 0.3 is 0 Å². The van der Waals surface area contributed by atoms with Gasteiger partial charge in [-0.2, -0.15) is 0 Å². The van der Waals surface area contributed by atoms with E-state index in [0.29, 0.717) is 0 Å². The molecule has 1 saturated heterocycles. The fourth-order valence-corrected chi connectivity index (χ4v) is 4.42. The molecule has 0 bridgehead atoms. The summed E-state index contributed by atoms with van der Waals surface area (Å²) in [5.41, 5.74) is 7.00. The van der Waals surface area contributed by atoms with Gasteiger partial charge in [-0.1, -0.05) is 36.4 Å². The molecule has 1 fully saturated rings. The normalized spacial score (nSPS) is 19.8. The zero-order chi connectivity index (χ0) is 19.7. The van der Waals surface area contributed by atoms with Crippen LogP contribution in [0.3, 0.4) is 0 Å². The molecule has 2 heterocycles. The average molecular weight is 378 g/mol. The van der Waals surface area contributed by atoms with Crippen LogP contribution in [0.15, 0.2) is 47.3 Å². The maximum atomic E-state index is 13.2. The number of aromatic nitrogens is 1. The number of aryl methyl sites for hydroxylation is 3. The number of hydrogen-bond donors (Lipinski definition) is 3. The highest BCUT2D eigenvalue weighted by Gasteiger charge is 2.25. The fourth-order valence-electron chi connectivity index (χ4n) is 4.42. The number of piperazine rings is 1. The summed E-state index contributed by atoms with van der Waals surface area (Å²) in [6, 6.07) is 14.8. The Balaban J connectivity index is 1.47. The molecule has 146 valence electrons. The number of fused-ring (bicyclic) bond motifs is 1. The quantitative estimate of drug-likeness (QED) is 0.622. The third-order valence-electron chi connectivity index (χ3n) is 6.41. The van der Waals surface area contributed by atoms with E-state index in [9.17, 15) is 4.79 Å². The van der Waals surface area contributed by atoms with Crippen LogP contribution in [0.4, 0.5) is 0 Å². The van der Waals surface area contributed by atoms with Gasteiger partial charge in [-0.3, -0.25) is 4.79 Å². The highest BCUT2D eigenvalue weighted by Crippen LogP contribution is 2.18. The van der Waals surface area contributed by atoms with Crippen molar-refractivity contribution < 1.29 is 9.80 Å². The molecule has 1 aromatic heterocycles. The fraction of sp³-hybridized carbons (Fsp3) is 0.375. The second kappa shape index (κ2) is 7.90. The van der Waals surface area contributed by atoms with Crippen molar-refractivity contribution in [3.05, 3.63) is 80.6 Å². The lowest BCUT2D eigenvalue weighted by atomic mass is 10.0. The van der Waals surface area contributed by atoms with Gasteiger partial charge in [0.2, 0.25) is 0 Å². The average Bonchev–Trinajstić information content (AvgIpc) is 2.70. The zero-order valence-electron chi connectivity index (χ0n) is 17.2. The van der Waals surface area contributed by atoms with E-state index in [1.54, 1.807) is 4.90 Å². The second-order valence-corrected chi connectivity index (χ2v) is 8.33. The Labute approximate surface area is 166 Å². The number of rotatable bonds is 4. The molecule has 3 N–H and O–H groups in total. The Kier molecular flexibility index (Phi) is 5.33. The van der Waals surface area contributed by atoms with Gasteiger partial charge in [-0.05, 0) is 38.0 Å². The Hall–Kier alpha value is -2.43. The van der Waals surface area contributed by atoms with Crippen LogP contribution in [0.2, 0.25) is 0 Å². The van der Waals surface area contributed by atoms with Gasteiger partial charge < -0.3 is 14.8 Å². The molecular formula is C24H31N3O+2. The number of quaternary nitrogens is 2. The monoisotopic (exact) mass is 377 g/mol. The number of pyridine rings is 1. The van der Waals surface area contributed by atoms with E-state index in [1.165, 1.54) is 21.6 Å². The lowest BCUT2D eigenvalue weighted by Gasteiger charge is -2.30. The first kappa shape index (κ1) is 18.9. The molecule has 4 nitrogen and oxygen atoms in total. The molecule has 0 amide bonds. The summed E-state index contributed by atoms with van der Waals surface area (Å²) < 4.78 is 0. The van der Waals surface area contributed by atoms with Crippen LogP contribution in [0.5, 0.6) is 0 Å². The summed E-state index contributed by atoms with van der Waals surface area (Å²) >= 11 is 0. The first-order valence-corrected chi connectivity index (χ1v) is 10.4. The third-order valence-corrected chi connectivity index (χ3v) is 6.41. The summed E-state index contributed by atoms with van der Waals surface area (Å²) in [6.07, 6.45) is 0. The van der Waals surface area contributed by atoms with Gasteiger partial charge in [-0.15, -0.1) is 0 Å². The maximum Gasteiger partial charge on any atom is 0.198 e. The molecule has 1 aliphatic rings. The first-order chi connectivity index (χ1) is 13.5. The number of nitrogens with one attached hydrogen (secondary N) is 3. The topological polar surface area (TPSA) is 41.7 Å². The molecule has 1 aliphatic heterocycles. The number of hydrogen-bond acceptors (Lipinski definition) is 1. The predicted octanol–water partition coefficient (Wildman–Crippen LogP) is 0.937. The van der Waals surface area contributed by atoms with Crippen molar-refractivity contribution in [1.82, 2.24) is 4.98 Å². The second-order valence-electron chi connectivity index (χ2n) is 8.33. The molecule has 0 unspecified atom stereocenters. The summed E-state index contributed by atoms with van der Waals surface area (Å²) in [5, 5.41) is 0.830. The van der Waals surface area contributed by atoms with Crippen LogP contribution in [-0.4, -0.2) is 31.2 Å². The summed E-state index contributed by atoms with van der Waals surface area (Å²) in [4.78, 5) is 19.8. The summed E-state index contributed by atoms with van der Waals surface area (Å²) in [5.74, 6) is 0. The predicted molar refractivity (Wildman–Crippen MR) is 114 cm³/mol. The highest BCUT2D eigenvalue weighted by molar-refractivity contribution is 5.83. The SMILES string of the molecule is Cc1ccc2c(=O)c(C[NH+]3CC[NH+](Cc4ccccc4)CC3)c(C)[nH]c2c1C. The molecule has 3 aromatic rings. The van der Waals surface area contributed by atoms with Crippen LogP contribution in [-0.2, 0) is 13.1 Å². The number of benzene rings is 2. The number of H-pyrrole nitrogens is 1. The van der Waals surface area contributed by atoms with E-state index >= 15 is 0 Å². The van der Waals surface area contributed by atoms with Crippen molar-refractivity contribution in [1.29, 1.82) is 0 Å². The Bertz CT molecular complexity index is 1030. The van der Waals surface area contributed by atoms with Gasteiger partial charge in [-0.25, -0.2) is 0 Å². The van der Waals surface area contributed by atoms with Gasteiger partial charge in [0.25, 0.3) is 0 Å². The van der Waals surface area contributed by atoms with E-state index < -0.39 is 0 Å². The van der Waals surface area contributed by atoms with Crippen molar-refractivity contribution in [2.45, 2.75) is 33.9 Å². The molecule has 0 spiro atoms. The number of aromatic amines is 1. The van der Waals surface area contributed by atoms with Gasteiger partial charge in [0, 0.05) is 16.6 Å². The molecule has 2 aromatic carbocycles. The summed E-state index contributed by atoms with van der Waals surface area (Å²) in [6.45, 7) is 12.7. The van der Waals surface area contributed by atoms with E-state index in [0.717, 1.165) is 61.4 Å². The van der Waals surface area contributed by atoms with Crippen LogP contribution < -0.4 is 15.2 Å². The van der Waals surface area contributed by atoms with Gasteiger partial charge in [0.1, 0.15) is 39.3 Å². The van der Waals surface area contributed by atoms with Crippen LogP contribution in [0.1, 0.15) is 27.9 Å². The Morgan fingerprint density at radius 1 is 0.857 bits per heavy atom. The smallest absolute Gasteiger partial charge is 0.198 e. The van der Waals surface area contributed by atoms with E-state index in [-0.39, 0.29) is 5.43 Å². The van der Waals surface area contributed by atoms with Crippen LogP contribution in [0.25, 0.3) is 10.9 Å². The standard InChI is InChI=1S/C24H29N3O/c1-17-9-10-21-23(18(17)2)25-19(3)22(24(21)28)16-27-13-11-26(12-14-27)15-20-7-5-4-6-8-20/h4-10H,11-16H2,1-3H3,(H,25,28)/p+2. The minimum Gasteiger partial charge on any atom is -0.358 e.